The minimum absolute atomic E-state index is 0.249. The topological polar surface area (TPSA) is 77.1 Å². The number of methoxy groups -OCH3 is 1. The maximum absolute atomic E-state index is 6.58. The van der Waals surface area contributed by atoms with Crippen molar-refractivity contribution in [3.8, 4) is 11.5 Å². The molecule has 0 N–H and O–H groups in total. The molecule has 3 heterocycles. The molecular formula is C22H24N4O3. The van der Waals surface area contributed by atoms with Gasteiger partial charge < -0.3 is 14.2 Å². The van der Waals surface area contributed by atoms with E-state index in [2.05, 4.69) is 29.2 Å². The van der Waals surface area contributed by atoms with Gasteiger partial charge in [0.15, 0.2) is 5.72 Å². The van der Waals surface area contributed by atoms with Crippen LogP contribution in [-0.4, -0.2) is 24.1 Å². The molecule has 7 nitrogen and oxygen atoms in total. The van der Waals surface area contributed by atoms with Crippen molar-refractivity contribution in [1.29, 1.82) is 0 Å². The Morgan fingerprint density at radius 2 is 1.59 bits per heavy atom. The number of hydrogen-bond donors (Lipinski definition) is 0. The van der Waals surface area contributed by atoms with Crippen molar-refractivity contribution in [3.63, 3.8) is 0 Å². The van der Waals surface area contributed by atoms with Crippen molar-refractivity contribution in [2.75, 3.05) is 7.11 Å². The predicted molar refractivity (Wildman–Crippen MR) is 106 cm³/mol. The SMILES string of the molecule is COc1ccc(C2C(C)(C)N=NC23Oc2ccccc2C32N=NC(C)(C)O2)cc1. The van der Waals surface area contributed by atoms with Crippen LogP contribution in [0, 0.1) is 0 Å². The predicted octanol–water partition coefficient (Wildman–Crippen LogP) is 5.18. The van der Waals surface area contributed by atoms with E-state index >= 15 is 0 Å². The molecular weight excluding hydrogens is 368 g/mol. The fourth-order valence-corrected chi connectivity index (χ4v) is 4.68. The molecule has 0 saturated heterocycles. The highest BCUT2D eigenvalue weighted by Gasteiger charge is 2.75. The number of hydrogen-bond acceptors (Lipinski definition) is 7. The van der Waals surface area contributed by atoms with Crippen molar-refractivity contribution in [2.45, 2.75) is 56.3 Å². The van der Waals surface area contributed by atoms with E-state index in [0.717, 1.165) is 16.9 Å². The lowest BCUT2D eigenvalue weighted by Crippen LogP contribution is -2.56. The highest BCUT2D eigenvalue weighted by atomic mass is 16.6. The standard InChI is InChI=1S/C22H24N4O3/c1-19(2)18(14-10-12-15(27-5)13-11-14)22(26-23-19)21(25-24-20(3,4)29-21)16-8-6-7-9-17(16)28-22/h6-13,18H,1-5H3. The van der Waals surface area contributed by atoms with E-state index in [4.69, 9.17) is 19.3 Å². The number of para-hydroxylation sites is 1. The van der Waals surface area contributed by atoms with E-state index in [9.17, 15) is 0 Å². The summed E-state index contributed by atoms with van der Waals surface area (Å²) in [6.07, 6.45) is 0. The van der Waals surface area contributed by atoms with Gasteiger partial charge in [-0.1, -0.05) is 30.3 Å². The van der Waals surface area contributed by atoms with Gasteiger partial charge in [0.05, 0.1) is 24.1 Å². The Morgan fingerprint density at radius 3 is 2.24 bits per heavy atom. The van der Waals surface area contributed by atoms with Gasteiger partial charge in [-0.3, -0.25) is 0 Å². The summed E-state index contributed by atoms with van der Waals surface area (Å²) < 4.78 is 18.4. The lowest BCUT2D eigenvalue weighted by molar-refractivity contribution is -0.185. The van der Waals surface area contributed by atoms with Crippen LogP contribution in [0.5, 0.6) is 11.5 Å². The van der Waals surface area contributed by atoms with Crippen molar-refractivity contribution in [2.24, 2.45) is 20.5 Å². The molecule has 2 spiro atoms. The van der Waals surface area contributed by atoms with E-state index in [1.54, 1.807) is 7.11 Å². The summed E-state index contributed by atoms with van der Waals surface area (Å²) in [5.74, 6) is 1.23. The van der Waals surface area contributed by atoms with Gasteiger partial charge in [0, 0.05) is 0 Å². The van der Waals surface area contributed by atoms with Gasteiger partial charge >= 0.3 is 0 Å². The maximum Gasteiger partial charge on any atom is 0.282 e. The number of fused-ring (bicyclic) bond motifs is 3. The first-order valence-electron chi connectivity index (χ1n) is 9.74. The maximum atomic E-state index is 6.58. The molecule has 2 aromatic rings. The van der Waals surface area contributed by atoms with Crippen molar-refractivity contribution < 1.29 is 14.2 Å². The van der Waals surface area contributed by atoms with Crippen LogP contribution in [0.15, 0.2) is 69.0 Å². The van der Waals surface area contributed by atoms with Crippen LogP contribution in [0.2, 0.25) is 0 Å². The third-order valence-electron chi connectivity index (χ3n) is 5.84. The first-order chi connectivity index (χ1) is 13.7. The third-order valence-corrected chi connectivity index (χ3v) is 5.84. The molecule has 0 radical (unpaired) electrons. The van der Waals surface area contributed by atoms with Crippen LogP contribution in [0.4, 0.5) is 0 Å². The Morgan fingerprint density at radius 1 is 0.862 bits per heavy atom. The molecule has 0 aromatic heterocycles. The first-order valence-corrected chi connectivity index (χ1v) is 9.74. The summed E-state index contributed by atoms with van der Waals surface area (Å²) in [6.45, 7) is 7.88. The number of azo groups is 2. The summed E-state index contributed by atoms with van der Waals surface area (Å²) >= 11 is 0. The molecule has 3 aliphatic heterocycles. The number of benzene rings is 2. The zero-order valence-corrected chi connectivity index (χ0v) is 17.2. The highest BCUT2D eigenvalue weighted by Crippen LogP contribution is 2.65. The monoisotopic (exact) mass is 392 g/mol. The lowest BCUT2D eigenvalue weighted by Gasteiger charge is -2.40. The van der Waals surface area contributed by atoms with E-state index in [1.165, 1.54) is 0 Å². The normalized spacial score (nSPS) is 32.7. The molecule has 29 heavy (non-hydrogen) atoms. The minimum Gasteiger partial charge on any atom is -0.497 e. The van der Waals surface area contributed by atoms with Crippen LogP contribution in [0.1, 0.15) is 44.7 Å². The summed E-state index contributed by atoms with van der Waals surface area (Å²) in [5, 5.41) is 18.5. The molecule has 3 atom stereocenters. The third kappa shape index (κ3) is 2.34. The van der Waals surface area contributed by atoms with Crippen LogP contribution in [0.3, 0.4) is 0 Å². The van der Waals surface area contributed by atoms with Gasteiger partial charge in [-0.05, 0) is 51.5 Å². The van der Waals surface area contributed by atoms with Gasteiger partial charge in [0.2, 0.25) is 0 Å². The smallest absolute Gasteiger partial charge is 0.282 e. The summed E-state index contributed by atoms with van der Waals surface area (Å²) in [5.41, 5.74) is -1.86. The van der Waals surface area contributed by atoms with E-state index in [1.807, 2.05) is 62.4 Å². The zero-order chi connectivity index (χ0) is 20.5. The molecule has 0 saturated carbocycles. The average molecular weight is 392 g/mol. The van der Waals surface area contributed by atoms with Gasteiger partial charge in [0.1, 0.15) is 11.5 Å². The molecule has 0 aliphatic carbocycles. The van der Waals surface area contributed by atoms with Crippen molar-refractivity contribution in [3.05, 3.63) is 59.7 Å². The summed E-state index contributed by atoms with van der Waals surface area (Å²) in [4.78, 5) is 0. The largest absolute Gasteiger partial charge is 0.497 e. The second kappa shape index (κ2) is 5.63. The second-order valence-electron chi connectivity index (χ2n) is 8.75. The molecule has 2 aromatic carbocycles. The van der Waals surface area contributed by atoms with Crippen LogP contribution < -0.4 is 9.47 Å². The molecule has 0 bridgehead atoms. The van der Waals surface area contributed by atoms with Gasteiger partial charge in [-0.15, -0.1) is 10.2 Å². The second-order valence-corrected chi connectivity index (χ2v) is 8.75. The zero-order valence-electron chi connectivity index (χ0n) is 17.2. The average Bonchev–Trinajstić information content (AvgIpc) is 3.26. The Balaban J connectivity index is 1.73. The Bertz CT molecular complexity index is 1030. The Kier molecular flexibility index (Phi) is 3.54. The molecule has 3 unspecified atom stereocenters. The quantitative estimate of drug-likeness (QED) is 0.706. The van der Waals surface area contributed by atoms with E-state index in [-0.39, 0.29) is 5.92 Å². The molecule has 0 amide bonds. The molecule has 150 valence electrons. The first kappa shape index (κ1) is 18.2. The van der Waals surface area contributed by atoms with Gasteiger partial charge in [-0.2, -0.15) is 10.2 Å². The van der Waals surface area contributed by atoms with Gasteiger partial charge in [-0.25, -0.2) is 0 Å². The molecule has 0 fully saturated rings. The van der Waals surface area contributed by atoms with Gasteiger partial charge in [0.25, 0.3) is 11.4 Å². The van der Waals surface area contributed by atoms with E-state index in [0.29, 0.717) is 5.75 Å². The Labute approximate surface area is 169 Å². The number of rotatable bonds is 2. The number of nitrogens with zero attached hydrogens (tertiary/aromatic N) is 4. The van der Waals surface area contributed by atoms with Crippen molar-refractivity contribution >= 4 is 0 Å². The van der Waals surface area contributed by atoms with E-state index < -0.39 is 22.7 Å². The van der Waals surface area contributed by atoms with Crippen LogP contribution in [-0.2, 0) is 10.5 Å². The highest BCUT2D eigenvalue weighted by molar-refractivity contribution is 5.50. The fourth-order valence-electron chi connectivity index (χ4n) is 4.68. The fraction of sp³-hybridized carbons (Fsp3) is 0.455. The minimum atomic E-state index is -1.20. The Hall–Kier alpha value is -2.80. The summed E-state index contributed by atoms with van der Waals surface area (Å²) in [6, 6.07) is 15.7. The van der Waals surface area contributed by atoms with Crippen LogP contribution in [0.25, 0.3) is 0 Å². The molecule has 5 rings (SSSR count). The lowest BCUT2D eigenvalue weighted by atomic mass is 9.72. The molecule has 7 heteroatoms. The van der Waals surface area contributed by atoms with Crippen molar-refractivity contribution in [1.82, 2.24) is 0 Å². The molecule has 3 aliphatic rings. The summed E-state index contributed by atoms with van der Waals surface area (Å²) in [7, 11) is 1.65. The number of ether oxygens (including phenoxy) is 3. The van der Waals surface area contributed by atoms with Crippen LogP contribution >= 0.6 is 0 Å².